The molecule has 2 aromatic carbocycles. The number of hydrogen-bond donors (Lipinski definition) is 1. The minimum Gasteiger partial charge on any atom is -0.486 e. The second-order valence-electron chi connectivity index (χ2n) is 7.94. The first-order chi connectivity index (χ1) is 15.5. The van der Waals surface area contributed by atoms with Crippen LogP contribution in [0.4, 0.5) is 0 Å². The van der Waals surface area contributed by atoms with Gasteiger partial charge < -0.3 is 19.4 Å². The first-order valence-corrected chi connectivity index (χ1v) is 12.3. The molecule has 166 valence electrons. The number of ether oxygens (including phenoxy) is 2. The summed E-state index contributed by atoms with van der Waals surface area (Å²) in [5.41, 5.74) is 3.45. The third-order valence-electron chi connectivity index (χ3n) is 5.95. The third-order valence-corrected chi connectivity index (χ3v) is 7.67. The van der Waals surface area contributed by atoms with Crippen LogP contribution in [-0.4, -0.2) is 56.3 Å². The lowest BCUT2D eigenvalue weighted by Gasteiger charge is -2.26. The van der Waals surface area contributed by atoms with Gasteiger partial charge in [-0.15, -0.1) is 0 Å². The van der Waals surface area contributed by atoms with Gasteiger partial charge in [-0.1, -0.05) is 24.3 Å². The van der Waals surface area contributed by atoms with Gasteiger partial charge in [0.05, 0.1) is 10.6 Å². The van der Waals surface area contributed by atoms with Gasteiger partial charge in [0.25, 0.3) is 0 Å². The van der Waals surface area contributed by atoms with Crippen molar-refractivity contribution in [2.45, 2.75) is 17.7 Å². The number of rotatable bonds is 5. The number of nitrogens with one attached hydrogen (secondary N) is 1. The van der Waals surface area contributed by atoms with Crippen LogP contribution in [0.3, 0.4) is 0 Å². The lowest BCUT2D eigenvalue weighted by atomic mass is 9.99. The van der Waals surface area contributed by atoms with Crippen LogP contribution in [0, 0.1) is 0 Å². The smallest absolute Gasteiger partial charge is 0.223 e. The summed E-state index contributed by atoms with van der Waals surface area (Å²) >= 11 is 0. The number of hydrogen-bond acceptors (Lipinski definition) is 5. The zero-order valence-electron chi connectivity index (χ0n) is 17.5. The molecule has 0 saturated heterocycles. The highest BCUT2D eigenvalue weighted by atomic mass is 32.2. The molecule has 5 rings (SSSR count). The van der Waals surface area contributed by atoms with Crippen molar-refractivity contribution in [1.82, 2.24) is 9.88 Å². The third kappa shape index (κ3) is 3.98. The molecule has 2 aliphatic heterocycles. The number of carbonyl (C=O) groups is 1. The topological polar surface area (TPSA) is 88.7 Å². The molecular formula is C24H24N2O5S. The Morgan fingerprint density at radius 2 is 1.88 bits per heavy atom. The molecule has 1 N–H and O–H groups in total. The van der Waals surface area contributed by atoms with Crippen molar-refractivity contribution in [2.75, 3.05) is 32.1 Å². The summed E-state index contributed by atoms with van der Waals surface area (Å²) in [6, 6.07) is 12.7. The van der Waals surface area contributed by atoms with E-state index >= 15 is 0 Å². The maximum Gasteiger partial charge on any atom is 0.223 e. The van der Waals surface area contributed by atoms with Crippen molar-refractivity contribution < 1.29 is 22.7 Å². The van der Waals surface area contributed by atoms with Crippen molar-refractivity contribution in [3.63, 3.8) is 0 Å². The molecule has 0 radical (unpaired) electrons. The summed E-state index contributed by atoms with van der Waals surface area (Å²) in [7, 11) is -3.60. The lowest BCUT2D eigenvalue weighted by Crippen LogP contribution is -2.35. The molecule has 0 atom stereocenters. The van der Waals surface area contributed by atoms with Gasteiger partial charge >= 0.3 is 0 Å². The van der Waals surface area contributed by atoms with Gasteiger partial charge in [-0.2, -0.15) is 0 Å². The van der Waals surface area contributed by atoms with Crippen molar-refractivity contribution in [3.8, 4) is 11.5 Å². The number of fused-ring (bicyclic) bond motifs is 2. The van der Waals surface area contributed by atoms with Crippen molar-refractivity contribution in [2.24, 2.45) is 0 Å². The van der Waals surface area contributed by atoms with Crippen LogP contribution in [0.15, 0.2) is 59.6 Å². The monoisotopic (exact) mass is 452 g/mol. The van der Waals surface area contributed by atoms with Crippen LogP contribution < -0.4 is 9.47 Å². The van der Waals surface area contributed by atoms with Crippen LogP contribution >= 0.6 is 0 Å². The summed E-state index contributed by atoms with van der Waals surface area (Å²) in [5.74, 6) is 0.577. The maximum absolute atomic E-state index is 12.8. The molecule has 0 fully saturated rings. The number of para-hydroxylation sites is 1. The molecule has 0 bridgehead atoms. The Morgan fingerprint density at radius 3 is 2.69 bits per heavy atom. The normalized spacial score (nSPS) is 16.1. The van der Waals surface area contributed by atoms with Gasteiger partial charge in [-0.25, -0.2) is 8.42 Å². The fourth-order valence-electron chi connectivity index (χ4n) is 4.19. The molecule has 8 heteroatoms. The molecule has 3 heterocycles. The van der Waals surface area contributed by atoms with Crippen LogP contribution in [-0.2, 0) is 14.6 Å². The van der Waals surface area contributed by atoms with Crippen LogP contribution in [0.1, 0.15) is 18.4 Å². The molecule has 0 spiro atoms. The minimum atomic E-state index is -3.60. The zero-order valence-corrected chi connectivity index (χ0v) is 18.4. The summed E-state index contributed by atoms with van der Waals surface area (Å²) in [4.78, 5) is 17.8. The molecule has 0 saturated carbocycles. The number of aromatic nitrogens is 1. The SMILES string of the molecule is O=C(CCS(=O)(=O)c1ccc2c(c1)OCCO2)N1CC=C(c2c[nH]c3ccccc23)CC1. The Bertz CT molecular complexity index is 1310. The molecule has 32 heavy (non-hydrogen) atoms. The predicted octanol–water partition coefficient (Wildman–Crippen LogP) is 3.42. The van der Waals surface area contributed by atoms with E-state index in [2.05, 4.69) is 17.1 Å². The van der Waals surface area contributed by atoms with Crippen molar-refractivity contribution in [3.05, 3.63) is 60.3 Å². The van der Waals surface area contributed by atoms with Gasteiger partial charge in [0.2, 0.25) is 5.91 Å². The quantitative estimate of drug-likeness (QED) is 0.641. The Morgan fingerprint density at radius 1 is 1.06 bits per heavy atom. The van der Waals surface area contributed by atoms with Gasteiger partial charge in [0.15, 0.2) is 21.3 Å². The maximum atomic E-state index is 12.8. The first-order valence-electron chi connectivity index (χ1n) is 10.7. The second-order valence-corrected chi connectivity index (χ2v) is 10.1. The van der Waals surface area contributed by atoms with Crippen molar-refractivity contribution >= 4 is 32.2 Å². The van der Waals surface area contributed by atoms with Crippen molar-refractivity contribution in [1.29, 1.82) is 0 Å². The Balaban J connectivity index is 1.22. The number of sulfone groups is 1. The van der Waals surface area contributed by atoms with Gasteiger partial charge in [0.1, 0.15) is 13.2 Å². The molecule has 7 nitrogen and oxygen atoms in total. The van der Waals surface area contributed by atoms with E-state index in [9.17, 15) is 13.2 Å². The summed E-state index contributed by atoms with van der Waals surface area (Å²) in [6.45, 7) is 1.89. The average molecular weight is 453 g/mol. The number of carbonyl (C=O) groups excluding carboxylic acids is 1. The van der Waals surface area contributed by atoms with Gasteiger partial charge in [-0.05, 0) is 30.2 Å². The first kappa shape index (κ1) is 20.6. The zero-order chi connectivity index (χ0) is 22.1. The highest BCUT2D eigenvalue weighted by Gasteiger charge is 2.24. The molecule has 0 aliphatic carbocycles. The summed E-state index contributed by atoms with van der Waals surface area (Å²) < 4.78 is 36.4. The summed E-state index contributed by atoms with van der Waals surface area (Å²) in [6.07, 6.45) is 4.76. The predicted molar refractivity (Wildman–Crippen MR) is 122 cm³/mol. The molecule has 2 aliphatic rings. The van der Waals surface area contributed by atoms with E-state index < -0.39 is 9.84 Å². The number of H-pyrrole nitrogens is 1. The standard InChI is InChI=1S/C24H24N2O5S/c27-24(9-14-32(28,29)18-5-6-22-23(15-18)31-13-12-30-22)26-10-7-17(8-11-26)20-16-25-21-4-2-1-3-19(20)21/h1-7,15-16,25H,8-14H2. The van der Waals surface area contributed by atoms with Crippen LogP contribution in [0.2, 0.25) is 0 Å². The van der Waals surface area contributed by atoms with E-state index in [1.807, 2.05) is 24.4 Å². The summed E-state index contributed by atoms with van der Waals surface area (Å²) in [5, 5.41) is 1.17. The average Bonchev–Trinajstić information content (AvgIpc) is 3.26. The molecular weight excluding hydrogens is 428 g/mol. The molecule has 3 aromatic rings. The fraction of sp³-hybridized carbons (Fsp3) is 0.292. The molecule has 1 aromatic heterocycles. The fourth-order valence-corrected chi connectivity index (χ4v) is 5.43. The Hall–Kier alpha value is -3.26. The van der Waals surface area contributed by atoms with E-state index in [-0.39, 0.29) is 23.0 Å². The molecule has 1 amide bonds. The number of amides is 1. The Kier molecular flexibility index (Phi) is 5.38. The van der Waals surface area contributed by atoms with E-state index in [4.69, 9.17) is 9.47 Å². The Labute approximate surface area is 186 Å². The lowest BCUT2D eigenvalue weighted by molar-refractivity contribution is -0.130. The van der Waals surface area contributed by atoms with E-state index in [0.717, 1.165) is 17.5 Å². The van der Waals surface area contributed by atoms with Gasteiger partial charge in [-0.3, -0.25) is 4.79 Å². The highest BCUT2D eigenvalue weighted by molar-refractivity contribution is 7.91. The number of nitrogens with zero attached hydrogens (tertiary/aromatic N) is 1. The van der Waals surface area contributed by atoms with Gasteiger partial charge in [0, 0.05) is 48.2 Å². The minimum absolute atomic E-state index is 0.0486. The van der Waals surface area contributed by atoms with Crippen LogP contribution in [0.25, 0.3) is 16.5 Å². The second kappa shape index (κ2) is 8.35. The van der Waals surface area contributed by atoms with Crippen LogP contribution in [0.5, 0.6) is 11.5 Å². The largest absolute Gasteiger partial charge is 0.486 e. The van der Waals surface area contributed by atoms with E-state index in [1.165, 1.54) is 23.1 Å². The van der Waals surface area contributed by atoms with E-state index in [1.54, 1.807) is 11.0 Å². The highest BCUT2D eigenvalue weighted by Crippen LogP contribution is 2.33. The van der Waals surface area contributed by atoms with E-state index in [0.29, 0.717) is 37.8 Å². The number of benzene rings is 2. The molecule has 0 unspecified atom stereocenters. The number of aromatic amines is 1.